The van der Waals surface area contributed by atoms with Crippen LogP contribution >= 0.6 is 0 Å². The van der Waals surface area contributed by atoms with Gasteiger partial charge in [-0.05, 0) is 52.5 Å². The summed E-state index contributed by atoms with van der Waals surface area (Å²) >= 11 is 0. The van der Waals surface area contributed by atoms with E-state index in [1.165, 1.54) is 0 Å². The molecule has 168 valence electrons. The third-order valence-corrected chi connectivity index (χ3v) is 5.10. The molecule has 0 bridgehead atoms. The summed E-state index contributed by atoms with van der Waals surface area (Å²) in [5, 5.41) is 29.4. The van der Waals surface area contributed by atoms with Crippen LogP contribution in [0.25, 0.3) is 21.8 Å². The summed E-state index contributed by atoms with van der Waals surface area (Å²) in [5.74, 6) is 0.723. The summed E-state index contributed by atoms with van der Waals surface area (Å²) in [7, 11) is 9.70. The van der Waals surface area contributed by atoms with Crippen LogP contribution in [0.5, 0.6) is 5.75 Å². The van der Waals surface area contributed by atoms with Crippen molar-refractivity contribution in [3.63, 3.8) is 0 Å². The first-order chi connectivity index (χ1) is 14.8. The zero-order chi connectivity index (χ0) is 22.5. The molecule has 0 saturated heterocycles. The molecule has 1 aromatic heterocycles. The fraction of sp³-hybridized carbons (Fsp3) is 0.409. The van der Waals surface area contributed by atoms with E-state index in [0.717, 1.165) is 47.5 Å². The van der Waals surface area contributed by atoms with Gasteiger partial charge in [-0.25, -0.2) is 10.2 Å². The van der Waals surface area contributed by atoms with Crippen molar-refractivity contribution in [3.8, 4) is 5.75 Å². The normalized spacial score (nSPS) is 12.7. The molecule has 1 atom stereocenters. The molecule has 1 heterocycles. The van der Waals surface area contributed by atoms with Crippen molar-refractivity contribution in [1.82, 2.24) is 14.8 Å². The van der Waals surface area contributed by atoms with Crippen molar-refractivity contribution >= 4 is 38.9 Å². The Labute approximate surface area is 182 Å². The summed E-state index contributed by atoms with van der Waals surface area (Å²) in [6.45, 7) is 3.10. The van der Waals surface area contributed by atoms with Crippen LogP contribution in [0, 0.1) is 5.21 Å². The van der Waals surface area contributed by atoms with Gasteiger partial charge in [-0.2, -0.15) is 5.23 Å². The monoisotopic (exact) mass is 428 g/mol. The van der Waals surface area contributed by atoms with Gasteiger partial charge in [0.15, 0.2) is 5.69 Å². The largest absolute Gasteiger partial charge is 0.595 e. The minimum atomic E-state index is -0.996. The summed E-state index contributed by atoms with van der Waals surface area (Å²) in [4.78, 5) is 8.93. The van der Waals surface area contributed by atoms with Gasteiger partial charge in [-0.1, -0.05) is 0 Å². The molecule has 9 heteroatoms. The highest BCUT2D eigenvalue weighted by atomic mass is 16.8. The van der Waals surface area contributed by atoms with E-state index in [1.807, 2.05) is 52.5 Å². The van der Waals surface area contributed by atoms with E-state index in [-0.39, 0.29) is 5.69 Å². The molecule has 31 heavy (non-hydrogen) atoms. The highest BCUT2D eigenvalue weighted by molar-refractivity contribution is 6.15. The molecule has 0 amide bonds. The topological polar surface area (TPSA) is 100 Å². The van der Waals surface area contributed by atoms with E-state index in [4.69, 9.17) is 9.72 Å². The zero-order valence-electron chi connectivity index (χ0n) is 18.8. The molecule has 4 N–H and O–H groups in total. The van der Waals surface area contributed by atoms with Crippen molar-refractivity contribution in [2.45, 2.75) is 0 Å². The number of aromatic nitrogens is 1. The van der Waals surface area contributed by atoms with Crippen LogP contribution in [0.3, 0.4) is 0 Å². The number of nitrogens with one attached hydrogen (secondary N) is 3. The Balaban J connectivity index is 2.25. The number of hydrogen-bond acceptors (Lipinski definition) is 8. The molecule has 9 nitrogen and oxygen atoms in total. The fourth-order valence-electron chi connectivity index (χ4n) is 3.48. The molecular weight excluding hydrogens is 396 g/mol. The highest BCUT2D eigenvalue weighted by Crippen LogP contribution is 2.39. The maximum atomic E-state index is 12.0. The van der Waals surface area contributed by atoms with E-state index < -0.39 is 5.23 Å². The van der Waals surface area contributed by atoms with Gasteiger partial charge in [-0.15, -0.1) is 0 Å². The quantitative estimate of drug-likeness (QED) is 0.286. The second-order valence-electron chi connectivity index (χ2n) is 8.02. The lowest BCUT2D eigenvalue weighted by atomic mass is 10.0. The molecule has 3 rings (SSSR count). The molecule has 3 aromatic rings. The smallest absolute Gasteiger partial charge is 0.190 e. The maximum absolute atomic E-state index is 12.0. The van der Waals surface area contributed by atoms with Crippen LogP contribution in [-0.2, 0) is 0 Å². The Morgan fingerprint density at radius 3 is 2.32 bits per heavy atom. The highest BCUT2D eigenvalue weighted by Gasteiger charge is 2.19. The lowest BCUT2D eigenvalue weighted by molar-refractivity contribution is -0.990. The first-order valence-corrected chi connectivity index (χ1v) is 10.3. The first kappa shape index (κ1) is 23.0. The Kier molecular flexibility index (Phi) is 7.47. The standard InChI is InChI=1S/C22H32N6O3/c1-26(2)12-10-23-18-8-9-19(28(29)30)22-20(18)21(24-11-13-27(3)4)16-14-15(31-5)6-7-17(16)25-22/h6-9,14,23,28-29H,10-13H2,1-5H3,(H,24,25). The maximum Gasteiger partial charge on any atom is 0.190 e. The van der Waals surface area contributed by atoms with Crippen molar-refractivity contribution in [2.75, 3.05) is 72.1 Å². The van der Waals surface area contributed by atoms with Crippen LogP contribution in [0.15, 0.2) is 30.3 Å². The lowest BCUT2D eigenvalue weighted by Gasteiger charge is -2.21. The SMILES string of the molecule is COc1ccc2nc3c([NH+]([O-])O)ccc(NCCN(C)C)c3c(NCCN(C)C)c2c1. The Morgan fingerprint density at radius 2 is 1.71 bits per heavy atom. The van der Waals surface area contributed by atoms with E-state index in [9.17, 15) is 10.4 Å². The third kappa shape index (κ3) is 5.33. The van der Waals surface area contributed by atoms with Gasteiger partial charge in [0.1, 0.15) is 11.3 Å². The molecule has 0 fully saturated rings. The molecule has 2 aromatic carbocycles. The van der Waals surface area contributed by atoms with Crippen LogP contribution in [0.1, 0.15) is 0 Å². The van der Waals surface area contributed by atoms with Gasteiger partial charge >= 0.3 is 0 Å². The fourth-order valence-corrected chi connectivity index (χ4v) is 3.48. The number of ether oxygens (including phenoxy) is 1. The number of likely N-dealkylation sites (N-methyl/N-ethyl adjacent to an activating group) is 2. The number of methoxy groups -OCH3 is 1. The summed E-state index contributed by atoms with van der Waals surface area (Å²) in [5.41, 5.74) is 3.07. The number of nitrogens with zero attached hydrogens (tertiary/aromatic N) is 3. The number of anilines is 2. The molecule has 0 spiro atoms. The molecular formula is C22H32N6O3. The molecule has 0 aliphatic heterocycles. The van der Waals surface area contributed by atoms with Crippen molar-refractivity contribution in [2.24, 2.45) is 0 Å². The number of fused-ring (bicyclic) bond motifs is 2. The minimum Gasteiger partial charge on any atom is -0.595 e. The van der Waals surface area contributed by atoms with E-state index >= 15 is 0 Å². The van der Waals surface area contributed by atoms with E-state index in [0.29, 0.717) is 17.6 Å². The van der Waals surface area contributed by atoms with Crippen LogP contribution in [0.2, 0.25) is 0 Å². The summed E-state index contributed by atoms with van der Waals surface area (Å²) < 4.78 is 5.44. The van der Waals surface area contributed by atoms with Gasteiger partial charge in [0.05, 0.1) is 23.7 Å². The average molecular weight is 429 g/mol. The van der Waals surface area contributed by atoms with Gasteiger partial charge in [-0.3, -0.25) is 0 Å². The number of pyridine rings is 1. The van der Waals surface area contributed by atoms with Gasteiger partial charge in [0, 0.05) is 43.3 Å². The third-order valence-electron chi connectivity index (χ3n) is 5.10. The molecule has 1 unspecified atom stereocenters. The van der Waals surface area contributed by atoms with Crippen LogP contribution in [0.4, 0.5) is 17.1 Å². The molecule has 0 aliphatic carbocycles. The Hall–Kier alpha value is -2.69. The number of hydrogen-bond donors (Lipinski definition) is 4. The van der Waals surface area contributed by atoms with E-state index in [1.54, 1.807) is 13.2 Å². The predicted molar refractivity (Wildman–Crippen MR) is 126 cm³/mol. The van der Waals surface area contributed by atoms with Crippen molar-refractivity contribution in [1.29, 1.82) is 0 Å². The number of quaternary nitrogens is 1. The van der Waals surface area contributed by atoms with Gasteiger partial charge in [0.2, 0.25) is 0 Å². The van der Waals surface area contributed by atoms with E-state index in [2.05, 4.69) is 20.4 Å². The van der Waals surface area contributed by atoms with Gasteiger partial charge < -0.3 is 30.4 Å². The average Bonchev–Trinajstić information content (AvgIpc) is 2.72. The first-order valence-electron chi connectivity index (χ1n) is 10.3. The van der Waals surface area contributed by atoms with Crippen molar-refractivity contribution < 1.29 is 15.2 Å². The molecule has 0 saturated carbocycles. The lowest BCUT2D eigenvalue weighted by Crippen LogP contribution is -2.99. The van der Waals surface area contributed by atoms with Crippen LogP contribution < -0.4 is 20.6 Å². The Morgan fingerprint density at radius 1 is 1.03 bits per heavy atom. The zero-order valence-corrected chi connectivity index (χ0v) is 18.8. The molecule has 0 aliphatic rings. The van der Waals surface area contributed by atoms with Gasteiger partial charge in [0.25, 0.3) is 0 Å². The Bertz CT molecular complexity index is 1040. The second kappa shape index (κ2) is 10.1. The minimum absolute atomic E-state index is 0.182. The number of rotatable bonds is 10. The van der Waals surface area contributed by atoms with Crippen molar-refractivity contribution in [3.05, 3.63) is 35.5 Å². The summed E-state index contributed by atoms with van der Waals surface area (Å²) in [6, 6.07) is 9.09. The number of benzene rings is 2. The predicted octanol–water partition coefficient (Wildman–Crippen LogP) is 1.75. The second-order valence-corrected chi connectivity index (χ2v) is 8.02. The van der Waals surface area contributed by atoms with Crippen LogP contribution in [-0.4, -0.2) is 81.5 Å². The summed E-state index contributed by atoms with van der Waals surface area (Å²) in [6.07, 6.45) is 0. The molecule has 0 radical (unpaired) electrons.